The number of aromatic amines is 1. The number of aliphatic hydroxyl groups is 1. The van der Waals surface area contributed by atoms with Crippen molar-refractivity contribution in [3.05, 3.63) is 40.8 Å². The first kappa shape index (κ1) is 15.2. The number of imidazole rings is 1. The number of H-pyrrole nitrogens is 1. The Morgan fingerprint density at radius 1 is 1.40 bits per heavy atom. The van der Waals surface area contributed by atoms with Crippen LogP contribution in [0.25, 0.3) is 11.3 Å². The molecule has 20 heavy (non-hydrogen) atoms. The van der Waals surface area contributed by atoms with Crippen molar-refractivity contribution in [1.82, 2.24) is 15.3 Å². The zero-order valence-corrected chi connectivity index (χ0v) is 13.3. The molecule has 0 aliphatic rings. The van der Waals surface area contributed by atoms with Crippen LogP contribution in [-0.2, 0) is 6.54 Å². The van der Waals surface area contributed by atoms with E-state index in [1.165, 1.54) is 0 Å². The highest BCUT2D eigenvalue weighted by atomic mass is 79.9. The summed E-state index contributed by atoms with van der Waals surface area (Å²) in [6, 6.07) is 8.08. The lowest BCUT2D eigenvalue weighted by molar-refractivity contribution is 0.123. The van der Waals surface area contributed by atoms with Crippen LogP contribution in [0.4, 0.5) is 0 Å². The van der Waals surface area contributed by atoms with Gasteiger partial charge >= 0.3 is 0 Å². The van der Waals surface area contributed by atoms with E-state index < -0.39 is 0 Å². The number of hydrogen-bond acceptors (Lipinski definition) is 3. The minimum atomic E-state index is -0.325. The molecule has 2 rings (SSSR count). The number of halogens is 1. The second kappa shape index (κ2) is 7.02. The molecule has 0 amide bonds. The van der Waals surface area contributed by atoms with E-state index in [0.29, 0.717) is 13.1 Å². The maximum atomic E-state index is 9.72. The molecular formula is C15H20BrN3O. The van der Waals surface area contributed by atoms with Crippen LogP contribution in [0.5, 0.6) is 0 Å². The van der Waals surface area contributed by atoms with Crippen molar-refractivity contribution in [3.63, 3.8) is 0 Å². The summed E-state index contributed by atoms with van der Waals surface area (Å²) < 4.78 is 1.05. The molecule has 0 saturated carbocycles. The molecule has 2 aromatic rings. The Kier molecular flexibility index (Phi) is 5.34. The lowest BCUT2D eigenvalue weighted by atomic mass is 10.1. The number of hydrogen-bond donors (Lipinski definition) is 3. The van der Waals surface area contributed by atoms with Crippen LogP contribution < -0.4 is 5.32 Å². The van der Waals surface area contributed by atoms with Crippen LogP contribution in [0.15, 0.2) is 34.9 Å². The lowest BCUT2D eigenvalue weighted by Crippen LogP contribution is -2.30. The molecule has 0 aliphatic heterocycles. The van der Waals surface area contributed by atoms with E-state index in [-0.39, 0.29) is 12.0 Å². The van der Waals surface area contributed by atoms with E-state index in [0.717, 1.165) is 21.6 Å². The first-order chi connectivity index (χ1) is 9.56. The molecule has 0 aliphatic carbocycles. The van der Waals surface area contributed by atoms with E-state index in [2.05, 4.69) is 31.2 Å². The second-order valence-electron chi connectivity index (χ2n) is 5.20. The molecule has 1 aromatic carbocycles. The van der Waals surface area contributed by atoms with Crippen molar-refractivity contribution < 1.29 is 5.11 Å². The fourth-order valence-electron chi connectivity index (χ4n) is 1.83. The maximum Gasteiger partial charge on any atom is 0.120 e. The number of nitrogens with one attached hydrogen (secondary N) is 2. The van der Waals surface area contributed by atoms with Gasteiger partial charge in [0.2, 0.25) is 0 Å². The summed E-state index contributed by atoms with van der Waals surface area (Å²) in [5.41, 5.74) is 2.09. The van der Waals surface area contributed by atoms with Gasteiger partial charge in [-0.15, -0.1) is 0 Å². The molecule has 4 nitrogen and oxygen atoms in total. The number of aliphatic hydroxyl groups excluding tert-OH is 1. The molecule has 0 saturated heterocycles. The molecule has 3 N–H and O–H groups in total. The Hall–Kier alpha value is -1.17. The van der Waals surface area contributed by atoms with Crippen molar-refractivity contribution in [2.45, 2.75) is 26.5 Å². The summed E-state index contributed by atoms with van der Waals surface area (Å²) in [7, 11) is 0. The average molecular weight is 338 g/mol. The third-order valence-electron chi connectivity index (χ3n) is 3.18. The summed E-state index contributed by atoms with van der Waals surface area (Å²) in [6.45, 7) is 5.21. The molecule has 0 spiro atoms. The fourth-order valence-corrected chi connectivity index (χ4v) is 2.23. The second-order valence-corrected chi connectivity index (χ2v) is 6.11. The molecule has 1 heterocycles. The van der Waals surface area contributed by atoms with Crippen molar-refractivity contribution in [1.29, 1.82) is 0 Å². The normalized spacial score (nSPS) is 12.8. The molecule has 0 radical (unpaired) electrons. The van der Waals surface area contributed by atoms with Gasteiger partial charge in [0.15, 0.2) is 0 Å². The summed E-state index contributed by atoms with van der Waals surface area (Å²) in [5.74, 6) is 1.13. The van der Waals surface area contributed by atoms with Crippen molar-refractivity contribution in [2.24, 2.45) is 5.92 Å². The Labute approximate surface area is 127 Å². The van der Waals surface area contributed by atoms with E-state index in [1.54, 1.807) is 0 Å². The number of aromatic nitrogens is 2. The molecular weight excluding hydrogens is 318 g/mol. The Balaban J connectivity index is 1.93. The van der Waals surface area contributed by atoms with Gasteiger partial charge in [0.25, 0.3) is 0 Å². The van der Waals surface area contributed by atoms with Crippen LogP contribution in [-0.4, -0.2) is 27.7 Å². The Morgan fingerprint density at radius 2 is 2.20 bits per heavy atom. The highest BCUT2D eigenvalue weighted by Crippen LogP contribution is 2.21. The molecule has 0 fully saturated rings. The third kappa shape index (κ3) is 4.16. The van der Waals surface area contributed by atoms with Gasteiger partial charge < -0.3 is 15.4 Å². The Morgan fingerprint density at radius 3 is 2.90 bits per heavy atom. The highest BCUT2D eigenvalue weighted by Gasteiger charge is 2.09. The summed E-state index contributed by atoms with van der Waals surface area (Å²) in [4.78, 5) is 7.63. The summed E-state index contributed by atoms with van der Waals surface area (Å²) in [5, 5.41) is 12.9. The predicted molar refractivity (Wildman–Crippen MR) is 84.3 cm³/mol. The van der Waals surface area contributed by atoms with Crippen LogP contribution >= 0.6 is 15.9 Å². The third-order valence-corrected chi connectivity index (χ3v) is 3.67. The van der Waals surface area contributed by atoms with Crippen LogP contribution in [0.3, 0.4) is 0 Å². The van der Waals surface area contributed by atoms with Gasteiger partial charge in [-0.25, -0.2) is 4.98 Å². The maximum absolute atomic E-state index is 9.72. The lowest BCUT2D eigenvalue weighted by Gasteiger charge is -2.14. The Bertz CT molecular complexity index is 554. The van der Waals surface area contributed by atoms with E-state index in [9.17, 15) is 5.11 Å². The first-order valence-corrected chi connectivity index (χ1v) is 7.54. The van der Waals surface area contributed by atoms with Crippen molar-refractivity contribution in [3.8, 4) is 11.3 Å². The van der Waals surface area contributed by atoms with Crippen molar-refractivity contribution >= 4 is 15.9 Å². The van der Waals surface area contributed by atoms with Gasteiger partial charge in [-0.2, -0.15) is 0 Å². The van der Waals surface area contributed by atoms with Gasteiger partial charge in [-0.05, 0) is 18.1 Å². The number of nitrogens with zero attached hydrogens (tertiary/aromatic N) is 1. The van der Waals surface area contributed by atoms with Gasteiger partial charge in [0.05, 0.1) is 24.5 Å². The van der Waals surface area contributed by atoms with Crippen LogP contribution in [0, 0.1) is 5.92 Å². The summed E-state index contributed by atoms with van der Waals surface area (Å²) >= 11 is 3.46. The van der Waals surface area contributed by atoms with Gasteiger partial charge in [0.1, 0.15) is 5.82 Å². The number of benzene rings is 1. The average Bonchev–Trinajstić information content (AvgIpc) is 2.87. The zero-order valence-electron chi connectivity index (χ0n) is 11.7. The number of rotatable bonds is 6. The minimum absolute atomic E-state index is 0.260. The monoisotopic (exact) mass is 337 g/mol. The first-order valence-electron chi connectivity index (χ1n) is 6.75. The summed E-state index contributed by atoms with van der Waals surface area (Å²) in [6.07, 6.45) is 1.51. The predicted octanol–water partition coefficient (Wildman–Crippen LogP) is 2.95. The molecule has 5 heteroatoms. The molecule has 1 unspecified atom stereocenters. The van der Waals surface area contributed by atoms with Crippen LogP contribution in [0.1, 0.15) is 19.7 Å². The highest BCUT2D eigenvalue weighted by molar-refractivity contribution is 9.10. The largest absolute Gasteiger partial charge is 0.392 e. The van der Waals surface area contributed by atoms with E-state index in [1.807, 2.05) is 44.3 Å². The minimum Gasteiger partial charge on any atom is -0.392 e. The zero-order chi connectivity index (χ0) is 14.5. The molecule has 1 aromatic heterocycles. The SMILES string of the molecule is CC(C)C(O)CNCc1ncc(-c2cccc(Br)c2)[nH]1. The topological polar surface area (TPSA) is 60.9 Å². The molecule has 1 atom stereocenters. The molecule has 108 valence electrons. The smallest absolute Gasteiger partial charge is 0.120 e. The standard InChI is InChI=1S/C15H20BrN3O/c1-10(2)14(20)8-17-9-15-18-7-13(19-15)11-4-3-5-12(16)6-11/h3-7,10,14,17,20H,8-9H2,1-2H3,(H,18,19). The van der Waals surface area contributed by atoms with Crippen LogP contribution in [0.2, 0.25) is 0 Å². The quantitative estimate of drug-likeness (QED) is 0.759. The van der Waals surface area contributed by atoms with E-state index in [4.69, 9.17) is 0 Å². The van der Waals surface area contributed by atoms with Gasteiger partial charge in [0, 0.05) is 16.6 Å². The van der Waals surface area contributed by atoms with Gasteiger partial charge in [-0.1, -0.05) is 41.9 Å². The van der Waals surface area contributed by atoms with E-state index >= 15 is 0 Å². The molecule has 0 bridgehead atoms. The van der Waals surface area contributed by atoms with Gasteiger partial charge in [-0.3, -0.25) is 0 Å². The fraction of sp³-hybridized carbons (Fsp3) is 0.400. The van der Waals surface area contributed by atoms with Crippen molar-refractivity contribution in [2.75, 3.05) is 6.54 Å².